The van der Waals surface area contributed by atoms with Crippen LogP contribution in [0.15, 0.2) is 54.7 Å². The van der Waals surface area contributed by atoms with Gasteiger partial charge in [0.1, 0.15) is 0 Å². The molecule has 2 aromatic carbocycles. The van der Waals surface area contributed by atoms with Crippen LogP contribution in [0.1, 0.15) is 43.7 Å². The normalized spacial score (nSPS) is 14.6. The van der Waals surface area contributed by atoms with Crippen molar-refractivity contribution in [2.45, 2.75) is 51.6 Å². The van der Waals surface area contributed by atoms with Gasteiger partial charge in [-0.3, -0.25) is 0 Å². The molecular weight excluding hydrogens is 350 g/mol. The van der Waals surface area contributed by atoms with Crippen LogP contribution >= 0.6 is 12.2 Å². The largest absolute Gasteiger partial charge is 0.361 e. The molecule has 1 aromatic heterocycles. The third-order valence-corrected chi connectivity index (χ3v) is 6.02. The average molecular weight is 378 g/mol. The summed E-state index contributed by atoms with van der Waals surface area (Å²) in [5.74, 6) is 0. The zero-order chi connectivity index (χ0) is 18.6. The van der Waals surface area contributed by atoms with E-state index in [0.29, 0.717) is 6.04 Å². The molecule has 1 heterocycles. The molecule has 1 aliphatic carbocycles. The van der Waals surface area contributed by atoms with Crippen molar-refractivity contribution in [3.63, 3.8) is 0 Å². The van der Waals surface area contributed by atoms with E-state index < -0.39 is 0 Å². The molecule has 1 fully saturated rings. The van der Waals surface area contributed by atoms with Gasteiger partial charge in [-0.05, 0) is 54.7 Å². The summed E-state index contributed by atoms with van der Waals surface area (Å²) in [7, 11) is 0. The molecule has 0 unspecified atom stereocenters. The number of aromatic nitrogens is 1. The minimum absolute atomic E-state index is 0.521. The Hall–Kier alpha value is -2.33. The van der Waals surface area contributed by atoms with Crippen LogP contribution in [0.4, 0.5) is 5.69 Å². The van der Waals surface area contributed by atoms with Crippen molar-refractivity contribution in [3.05, 3.63) is 65.9 Å². The Morgan fingerprint density at radius 2 is 1.81 bits per heavy atom. The van der Waals surface area contributed by atoms with Gasteiger partial charge in [-0.1, -0.05) is 56.2 Å². The number of hydrogen-bond donors (Lipinski definition) is 2. The van der Waals surface area contributed by atoms with Crippen molar-refractivity contribution in [2.24, 2.45) is 0 Å². The number of fused-ring (bicyclic) bond motifs is 1. The number of nitrogens with one attached hydrogen (secondary N) is 2. The van der Waals surface area contributed by atoms with E-state index in [0.717, 1.165) is 23.8 Å². The van der Waals surface area contributed by atoms with E-state index >= 15 is 0 Å². The molecule has 0 aliphatic heterocycles. The fourth-order valence-corrected chi connectivity index (χ4v) is 4.49. The van der Waals surface area contributed by atoms with Crippen LogP contribution in [0.5, 0.6) is 0 Å². The van der Waals surface area contributed by atoms with E-state index in [1.54, 1.807) is 0 Å². The molecule has 0 atom stereocenters. The van der Waals surface area contributed by atoms with E-state index in [-0.39, 0.29) is 0 Å². The van der Waals surface area contributed by atoms with Gasteiger partial charge in [-0.25, -0.2) is 0 Å². The fourth-order valence-electron chi connectivity index (χ4n) is 4.17. The first-order valence-electron chi connectivity index (χ1n) is 9.96. The monoisotopic (exact) mass is 377 g/mol. The molecule has 0 spiro atoms. The predicted octanol–water partition coefficient (Wildman–Crippen LogP) is 5.87. The van der Waals surface area contributed by atoms with Crippen molar-refractivity contribution >= 4 is 33.9 Å². The minimum Gasteiger partial charge on any atom is -0.361 e. The molecule has 3 nitrogen and oxygen atoms in total. The molecular formula is C23H27N3S. The number of rotatable bonds is 5. The molecule has 1 saturated carbocycles. The summed E-state index contributed by atoms with van der Waals surface area (Å²) in [5, 5.41) is 5.68. The highest BCUT2D eigenvalue weighted by molar-refractivity contribution is 7.80. The maximum absolute atomic E-state index is 5.90. The molecule has 2 N–H and O–H groups in total. The summed E-state index contributed by atoms with van der Waals surface area (Å²) < 4.78 is 0. The second-order valence-corrected chi connectivity index (χ2v) is 7.75. The van der Waals surface area contributed by atoms with Crippen LogP contribution < -0.4 is 5.32 Å². The maximum Gasteiger partial charge on any atom is 0.173 e. The smallest absolute Gasteiger partial charge is 0.173 e. The summed E-state index contributed by atoms with van der Waals surface area (Å²) in [4.78, 5) is 5.81. The first-order valence-corrected chi connectivity index (χ1v) is 10.4. The van der Waals surface area contributed by atoms with Gasteiger partial charge >= 0.3 is 0 Å². The van der Waals surface area contributed by atoms with E-state index in [2.05, 4.69) is 76.9 Å². The summed E-state index contributed by atoms with van der Waals surface area (Å²) in [6, 6.07) is 17.5. The number of H-pyrrole nitrogens is 1. The summed E-state index contributed by atoms with van der Waals surface area (Å²) >= 11 is 5.90. The van der Waals surface area contributed by atoms with Crippen molar-refractivity contribution in [2.75, 3.05) is 5.32 Å². The van der Waals surface area contributed by atoms with Gasteiger partial charge in [0, 0.05) is 35.4 Å². The number of thiocarbonyl (C=S) groups is 1. The number of benzene rings is 2. The lowest BCUT2D eigenvalue weighted by atomic mass is 10.1. The second-order valence-electron chi connectivity index (χ2n) is 7.37. The Kier molecular flexibility index (Phi) is 5.44. The van der Waals surface area contributed by atoms with Crippen LogP contribution in [0.25, 0.3) is 10.9 Å². The molecule has 0 radical (unpaired) electrons. The quantitative estimate of drug-likeness (QED) is 0.545. The van der Waals surface area contributed by atoms with E-state index in [1.807, 2.05) is 0 Å². The van der Waals surface area contributed by atoms with Crippen LogP contribution in [0, 0.1) is 0 Å². The number of para-hydroxylation sites is 2. The molecule has 3 aromatic rings. The molecule has 0 amide bonds. The van der Waals surface area contributed by atoms with Crippen molar-refractivity contribution in [1.82, 2.24) is 9.88 Å². The maximum atomic E-state index is 5.90. The first-order chi connectivity index (χ1) is 13.3. The Labute approximate surface area is 166 Å². The lowest BCUT2D eigenvalue weighted by molar-refractivity contribution is 0.313. The summed E-state index contributed by atoms with van der Waals surface area (Å²) in [6.45, 7) is 3.03. The number of nitrogens with zero attached hydrogens (tertiary/aromatic N) is 1. The van der Waals surface area contributed by atoms with Gasteiger partial charge in [0.05, 0.1) is 0 Å². The van der Waals surface area contributed by atoms with Gasteiger partial charge in [0.2, 0.25) is 0 Å². The third kappa shape index (κ3) is 3.86. The molecule has 4 heteroatoms. The zero-order valence-corrected chi connectivity index (χ0v) is 16.7. The van der Waals surface area contributed by atoms with Crippen LogP contribution in [0.2, 0.25) is 0 Å². The van der Waals surface area contributed by atoms with Crippen LogP contribution in [-0.4, -0.2) is 21.0 Å². The van der Waals surface area contributed by atoms with Gasteiger partial charge < -0.3 is 15.2 Å². The third-order valence-electron chi connectivity index (χ3n) is 5.68. The molecule has 1 aliphatic rings. The van der Waals surface area contributed by atoms with Crippen molar-refractivity contribution in [3.8, 4) is 0 Å². The fraction of sp³-hybridized carbons (Fsp3) is 0.348. The van der Waals surface area contributed by atoms with E-state index in [4.69, 9.17) is 12.2 Å². The standard InChI is InChI=1S/C23H27N3S/c1-2-17-9-3-7-13-21(17)25-23(27)26(19-10-4-5-11-19)16-18-15-24-22-14-8-6-12-20(18)22/h3,6-9,12-15,19,24H,2,4-5,10-11,16H2,1H3,(H,25,27). The molecule has 0 saturated heterocycles. The SMILES string of the molecule is CCc1ccccc1NC(=S)N(Cc1c[nH]c2ccccc12)C1CCCC1. The first kappa shape index (κ1) is 18.1. The number of anilines is 1. The Balaban J connectivity index is 1.60. The van der Waals surface area contributed by atoms with Gasteiger partial charge in [0.15, 0.2) is 5.11 Å². The van der Waals surface area contributed by atoms with Crippen molar-refractivity contribution in [1.29, 1.82) is 0 Å². The highest BCUT2D eigenvalue weighted by Gasteiger charge is 2.25. The molecule has 27 heavy (non-hydrogen) atoms. The number of aromatic amines is 1. The van der Waals surface area contributed by atoms with Crippen molar-refractivity contribution < 1.29 is 0 Å². The average Bonchev–Trinajstić information content (AvgIpc) is 3.36. The number of hydrogen-bond acceptors (Lipinski definition) is 1. The van der Waals surface area contributed by atoms with Crippen LogP contribution in [0.3, 0.4) is 0 Å². The lowest BCUT2D eigenvalue weighted by Crippen LogP contribution is -2.41. The highest BCUT2D eigenvalue weighted by Crippen LogP contribution is 2.28. The highest BCUT2D eigenvalue weighted by atomic mass is 32.1. The van der Waals surface area contributed by atoms with E-state index in [1.165, 1.54) is 47.7 Å². The minimum atomic E-state index is 0.521. The zero-order valence-electron chi connectivity index (χ0n) is 15.9. The summed E-state index contributed by atoms with van der Waals surface area (Å²) in [6.07, 6.45) is 8.17. The second kappa shape index (κ2) is 8.13. The van der Waals surface area contributed by atoms with Gasteiger partial charge in [-0.15, -0.1) is 0 Å². The van der Waals surface area contributed by atoms with Gasteiger partial charge in [-0.2, -0.15) is 0 Å². The van der Waals surface area contributed by atoms with Crippen LogP contribution in [-0.2, 0) is 13.0 Å². The molecule has 0 bridgehead atoms. The van der Waals surface area contributed by atoms with E-state index in [9.17, 15) is 0 Å². The predicted molar refractivity (Wildman–Crippen MR) is 118 cm³/mol. The Morgan fingerprint density at radius 3 is 2.63 bits per heavy atom. The number of aryl methyl sites for hydroxylation is 1. The summed E-state index contributed by atoms with van der Waals surface area (Å²) in [5.41, 5.74) is 4.93. The Morgan fingerprint density at radius 1 is 1.07 bits per heavy atom. The Bertz CT molecular complexity index is 924. The lowest BCUT2D eigenvalue weighted by Gasteiger charge is -2.32. The van der Waals surface area contributed by atoms with Gasteiger partial charge in [0.25, 0.3) is 0 Å². The molecule has 140 valence electrons. The topological polar surface area (TPSA) is 31.1 Å². The molecule has 4 rings (SSSR count).